The van der Waals surface area contributed by atoms with Crippen molar-refractivity contribution in [3.05, 3.63) is 27.3 Å². The van der Waals surface area contributed by atoms with Gasteiger partial charge in [0.1, 0.15) is 16.1 Å². The monoisotopic (exact) mass is 408 g/mol. The van der Waals surface area contributed by atoms with E-state index in [1.165, 1.54) is 0 Å². The Labute approximate surface area is 187 Å². The predicted molar refractivity (Wildman–Crippen MR) is 110 cm³/mol. The van der Waals surface area contributed by atoms with Crippen molar-refractivity contribution in [3.8, 4) is 5.75 Å². The summed E-state index contributed by atoms with van der Waals surface area (Å²) in [5.41, 5.74) is -2.78. The van der Waals surface area contributed by atoms with E-state index >= 15 is 0 Å². The van der Waals surface area contributed by atoms with E-state index in [1.807, 2.05) is 0 Å². The molecule has 3 atom stereocenters. The summed E-state index contributed by atoms with van der Waals surface area (Å²) in [5, 5.41) is 9.69. The molecule has 1 fully saturated rings. The van der Waals surface area contributed by atoms with Crippen molar-refractivity contribution >= 4 is 27.5 Å². The number of amides is 1. The minimum Gasteiger partial charge on any atom is -0.506 e. The normalized spacial score (nSPS) is 41.5. The molecule has 1 aliphatic rings. The second-order valence-corrected chi connectivity index (χ2v) is 6.38. The topological polar surface area (TPSA) is 74.6 Å². The van der Waals surface area contributed by atoms with Crippen molar-refractivity contribution in [2.24, 2.45) is 5.89 Å². The van der Waals surface area contributed by atoms with E-state index in [0.717, 1.165) is 6.92 Å². The Bertz CT molecular complexity index is 1520. The smallest absolute Gasteiger partial charge is 0.268 e. The van der Waals surface area contributed by atoms with Crippen LogP contribution in [0.5, 0.6) is 5.75 Å². The fourth-order valence-electron chi connectivity index (χ4n) is 2.42. The number of aromatic hydroxyl groups is 1. The van der Waals surface area contributed by atoms with Crippen LogP contribution in [0.1, 0.15) is 78.2 Å². The van der Waals surface area contributed by atoms with Crippen LogP contribution in [0.3, 0.4) is 0 Å². The minimum absolute atomic E-state index is 0.00147. The number of nitrogens with zero attached hydrogens (tertiary/aromatic N) is 2. The average molecular weight is 409 g/mol. The van der Waals surface area contributed by atoms with Crippen molar-refractivity contribution in [1.82, 2.24) is 14.8 Å². The zero-order chi connectivity index (χ0) is 34.5. The zero-order valence-electron chi connectivity index (χ0n) is 31.5. The van der Waals surface area contributed by atoms with Crippen molar-refractivity contribution in [3.63, 3.8) is 0 Å². The minimum atomic E-state index is -3.53. The van der Waals surface area contributed by atoms with E-state index in [9.17, 15) is 14.7 Å². The molecule has 27 heavy (non-hydrogen) atoms. The molecule has 0 aromatic carbocycles. The molecule has 3 unspecified atom stereocenters. The Balaban J connectivity index is 2.07. The Morgan fingerprint density at radius 3 is 3.37 bits per heavy atom. The van der Waals surface area contributed by atoms with E-state index in [2.05, 4.69) is 0 Å². The molecule has 0 radical (unpaired) electrons. The van der Waals surface area contributed by atoms with Gasteiger partial charge in [-0.15, -0.1) is 11.3 Å². The Morgan fingerprint density at radius 2 is 2.59 bits per heavy atom. The van der Waals surface area contributed by atoms with Crippen LogP contribution in [0.15, 0.2) is 16.2 Å². The molecule has 1 saturated heterocycles. The number of piperidine rings is 1. The summed E-state index contributed by atoms with van der Waals surface area (Å²) in [6.07, 6.45) is -7.75. The second kappa shape index (κ2) is 8.44. The quantitative estimate of drug-likeness (QED) is 0.770. The van der Waals surface area contributed by atoms with Crippen LogP contribution in [0.4, 0.5) is 0 Å². The lowest BCUT2D eigenvalue weighted by Gasteiger charge is -2.30. The highest BCUT2D eigenvalue weighted by molar-refractivity contribution is 7.16. The van der Waals surface area contributed by atoms with Crippen LogP contribution in [0, 0.1) is 5.89 Å². The average Bonchev–Trinajstić information content (AvgIpc) is 3.13. The number of hydrogen-bond acceptors (Lipinski definition) is 5. The van der Waals surface area contributed by atoms with Gasteiger partial charge in [0.05, 0.1) is 9.50 Å². The molecule has 2 aromatic heterocycles. The highest BCUT2D eigenvalue weighted by atomic mass is 32.1. The summed E-state index contributed by atoms with van der Waals surface area (Å²) in [7, 11) is 0. The first-order chi connectivity index (χ1) is 19.5. The lowest BCUT2D eigenvalue weighted by molar-refractivity contribution is 0.0945. The number of pyridine rings is 1. The summed E-state index contributed by atoms with van der Waals surface area (Å²) in [5.74, 6) is -5.75. The van der Waals surface area contributed by atoms with Crippen LogP contribution < -0.4 is 10.9 Å². The van der Waals surface area contributed by atoms with Gasteiger partial charge < -0.3 is 15.3 Å². The summed E-state index contributed by atoms with van der Waals surface area (Å²) in [6, 6.07) is -3.48. The number of rotatable bonds is 6. The second-order valence-electron chi connectivity index (χ2n) is 5.59. The van der Waals surface area contributed by atoms with Gasteiger partial charge in [-0.25, -0.2) is 0 Å². The van der Waals surface area contributed by atoms with Crippen LogP contribution >= 0.6 is 11.3 Å². The molecule has 3 heterocycles. The maximum atomic E-state index is 13.5. The highest BCUT2D eigenvalue weighted by Gasteiger charge is 2.24. The van der Waals surface area contributed by atoms with Crippen LogP contribution in [-0.2, 0) is 0 Å². The van der Waals surface area contributed by atoms with Crippen LogP contribution in [0.2, 0.25) is 1.41 Å². The van der Waals surface area contributed by atoms with Gasteiger partial charge in [0, 0.05) is 36.9 Å². The first kappa shape index (κ1) is 7.52. The molecule has 1 amide bonds. The number of nitrogens with one attached hydrogen (secondary N) is 1. The SMILES string of the molecule is [2H]c1sc2c(c1[2H])c(O)c(C(=O)N([2H])CCC([2H])N1C([2H])([2H])C([2H])([2H])C([2H])([2H])C([2H])(C)C1([2H])[2H])c(=O)n2C([2H])(C)C([2H])([2H])[2H]. The third-order valence-corrected chi connectivity index (χ3v) is 4.38. The van der Waals surface area contributed by atoms with Gasteiger partial charge in [-0.2, -0.15) is 0 Å². The number of hydrogen-bond donors (Lipinski definition) is 2. The molecule has 2 N–H and O–H groups in total. The molecule has 0 spiro atoms. The van der Waals surface area contributed by atoms with E-state index < -0.39 is 108 Å². The third-order valence-electron chi connectivity index (χ3n) is 3.59. The molecule has 2 aromatic rings. The number of carbonyl (C=O) groups excluding carboxylic acids is 1. The van der Waals surface area contributed by atoms with Gasteiger partial charge in [0.15, 0.2) is 1.41 Å². The highest BCUT2D eigenvalue weighted by Crippen LogP contribution is 2.31. The zero-order valence-corrected chi connectivity index (χ0v) is 15.3. The lowest BCUT2D eigenvalue weighted by Crippen LogP contribution is -2.37. The first-order valence-electron chi connectivity index (χ1n) is 16.4. The molecule has 0 saturated carbocycles. The molecular weight excluding hydrogens is 362 g/mol. The number of thiophene rings is 1. The van der Waals surface area contributed by atoms with E-state index in [-0.39, 0.29) is 10.2 Å². The van der Waals surface area contributed by atoms with E-state index in [0.29, 0.717) is 22.8 Å². The van der Waals surface area contributed by atoms with Crippen LogP contribution in [-0.4, -0.2) is 46.5 Å². The first-order valence-corrected chi connectivity index (χ1v) is 8.68. The molecule has 0 bridgehead atoms. The van der Waals surface area contributed by atoms with E-state index in [1.54, 1.807) is 0 Å². The Morgan fingerprint density at radius 1 is 1.78 bits per heavy atom. The molecule has 3 rings (SSSR count). The summed E-state index contributed by atoms with van der Waals surface area (Å²) < 4.78 is 138. The molecule has 6 nitrogen and oxygen atoms in total. The molecule has 1 aliphatic heterocycles. The van der Waals surface area contributed by atoms with Gasteiger partial charge in [-0.1, -0.05) is 6.92 Å². The van der Waals surface area contributed by atoms with Gasteiger partial charge in [-0.3, -0.25) is 14.2 Å². The third kappa shape index (κ3) is 4.19. The van der Waals surface area contributed by atoms with Crippen LogP contribution in [0.25, 0.3) is 10.2 Å². The van der Waals surface area contributed by atoms with Gasteiger partial charge >= 0.3 is 0 Å². The molecule has 148 valence electrons. The Kier molecular flexibility index (Phi) is 2.35. The lowest BCUT2D eigenvalue weighted by atomic mass is 10.0. The van der Waals surface area contributed by atoms with Gasteiger partial charge in [0.2, 0.25) is 0 Å². The van der Waals surface area contributed by atoms with E-state index in [4.69, 9.17) is 23.3 Å². The number of carbonyl (C=O) groups is 1. The maximum absolute atomic E-state index is 13.5. The van der Waals surface area contributed by atoms with Gasteiger partial charge in [0.25, 0.3) is 11.5 Å². The molecule has 7 heteroatoms. The number of fused-ring (bicyclic) bond motifs is 1. The summed E-state index contributed by atoms with van der Waals surface area (Å²) in [6.45, 7) is -11.6. The summed E-state index contributed by atoms with van der Waals surface area (Å²) >= 11 is 0.401. The number of aromatic nitrogens is 1. The fraction of sp³-hybridized carbons (Fsp3) is 0.600. The molecular formula is C20H29N3O3S. The van der Waals surface area contributed by atoms with Crippen molar-refractivity contribution in [2.75, 3.05) is 26.1 Å². The maximum Gasteiger partial charge on any atom is 0.268 e. The summed E-state index contributed by atoms with van der Waals surface area (Å²) in [4.78, 5) is 26.3. The van der Waals surface area contributed by atoms with Crippen molar-refractivity contribution < 1.29 is 33.2 Å². The standard InChI is InChI=1S/C20H29N3O3S/c1-13(2)23-19(26)16(17(24)15-7-11-27-20(15)23)18(25)21-8-5-10-22-9-4-6-14(3)12-22/h7,11,13-14,24H,4-6,8-10,12H2,1-3H3,(H,21,25)/i1D3,4D2,6D2,7D,9D2,10D,11D,12D2,13D,14D/hD. The predicted octanol–water partition coefficient (Wildman–Crippen LogP) is 3.20. The fourth-order valence-corrected chi connectivity index (χ4v) is 3.23. The van der Waals surface area contributed by atoms with Crippen molar-refractivity contribution in [2.45, 2.75) is 45.9 Å². The van der Waals surface area contributed by atoms with Gasteiger partial charge in [-0.05, 0) is 63.3 Å². The number of likely N-dealkylation sites (tertiary alicyclic amines) is 1. The molecule has 0 aliphatic carbocycles. The largest absolute Gasteiger partial charge is 0.506 e. The van der Waals surface area contributed by atoms with Crippen molar-refractivity contribution in [1.29, 1.82) is 0 Å². The Hall–Kier alpha value is -1.86.